The number of hydrogen-bond donors (Lipinski definition) is 1. The number of aliphatic hydroxyl groups excluding tert-OH is 1. The number of nitrogens with zero attached hydrogens (tertiary/aromatic N) is 1. The summed E-state index contributed by atoms with van der Waals surface area (Å²) >= 11 is 0. The standard InChI is InChI=1S/C18H21NO2/c20-18(16-9-5-2-6-10-16)17(15-7-3-1-4-8-15)19-11-13-21-14-12-19/h1-10,17-18,20H,11-14H2/t17-,18+/m1/s1. The Kier molecular flexibility index (Phi) is 4.65. The second-order valence-corrected chi connectivity index (χ2v) is 5.36. The Morgan fingerprint density at radius 3 is 1.90 bits per heavy atom. The van der Waals surface area contributed by atoms with Crippen molar-refractivity contribution in [1.29, 1.82) is 0 Å². The van der Waals surface area contributed by atoms with Crippen LogP contribution in [0.25, 0.3) is 0 Å². The van der Waals surface area contributed by atoms with Crippen LogP contribution in [0.5, 0.6) is 0 Å². The molecule has 0 unspecified atom stereocenters. The fourth-order valence-corrected chi connectivity index (χ4v) is 2.93. The van der Waals surface area contributed by atoms with E-state index in [1.165, 1.54) is 0 Å². The van der Waals surface area contributed by atoms with Crippen LogP contribution in [-0.2, 0) is 4.74 Å². The van der Waals surface area contributed by atoms with Crippen LogP contribution in [0.1, 0.15) is 23.3 Å². The fourth-order valence-electron chi connectivity index (χ4n) is 2.93. The molecule has 1 fully saturated rings. The van der Waals surface area contributed by atoms with E-state index in [1.807, 2.05) is 48.5 Å². The molecule has 1 aliphatic rings. The maximum absolute atomic E-state index is 10.9. The van der Waals surface area contributed by atoms with E-state index >= 15 is 0 Å². The normalized spacial score (nSPS) is 19.1. The van der Waals surface area contributed by atoms with Gasteiger partial charge in [0.05, 0.1) is 25.4 Å². The molecule has 0 saturated carbocycles. The van der Waals surface area contributed by atoms with Crippen molar-refractivity contribution in [3.63, 3.8) is 0 Å². The number of benzene rings is 2. The van der Waals surface area contributed by atoms with Gasteiger partial charge in [-0.25, -0.2) is 0 Å². The molecule has 1 N–H and O–H groups in total. The molecular weight excluding hydrogens is 262 g/mol. The van der Waals surface area contributed by atoms with Gasteiger partial charge in [0.15, 0.2) is 0 Å². The van der Waals surface area contributed by atoms with Gasteiger partial charge in [-0.05, 0) is 11.1 Å². The van der Waals surface area contributed by atoms with Gasteiger partial charge in [0.1, 0.15) is 0 Å². The maximum atomic E-state index is 10.9. The lowest BCUT2D eigenvalue weighted by atomic mass is 9.94. The molecule has 0 aliphatic carbocycles. The predicted molar refractivity (Wildman–Crippen MR) is 83.0 cm³/mol. The van der Waals surface area contributed by atoms with E-state index in [1.54, 1.807) is 0 Å². The molecule has 1 heterocycles. The highest BCUT2D eigenvalue weighted by molar-refractivity contribution is 5.26. The van der Waals surface area contributed by atoms with Crippen molar-refractivity contribution in [1.82, 2.24) is 4.90 Å². The third-order valence-electron chi connectivity index (χ3n) is 4.02. The molecule has 3 rings (SSSR count). The first kappa shape index (κ1) is 14.3. The van der Waals surface area contributed by atoms with Crippen LogP contribution in [0.4, 0.5) is 0 Å². The molecule has 0 bridgehead atoms. The first-order valence-corrected chi connectivity index (χ1v) is 7.46. The van der Waals surface area contributed by atoms with Gasteiger partial charge in [-0.2, -0.15) is 0 Å². The van der Waals surface area contributed by atoms with Gasteiger partial charge in [-0.1, -0.05) is 60.7 Å². The number of aliphatic hydroxyl groups is 1. The molecule has 3 nitrogen and oxygen atoms in total. The average molecular weight is 283 g/mol. The van der Waals surface area contributed by atoms with Crippen molar-refractivity contribution in [3.8, 4) is 0 Å². The highest BCUT2D eigenvalue weighted by atomic mass is 16.5. The van der Waals surface area contributed by atoms with Crippen LogP contribution in [0.3, 0.4) is 0 Å². The molecule has 3 heteroatoms. The summed E-state index contributed by atoms with van der Waals surface area (Å²) in [5.74, 6) is 0. The van der Waals surface area contributed by atoms with Gasteiger partial charge >= 0.3 is 0 Å². The fraction of sp³-hybridized carbons (Fsp3) is 0.333. The van der Waals surface area contributed by atoms with Crippen molar-refractivity contribution in [3.05, 3.63) is 71.8 Å². The van der Waals surface area contributed by atoms with E-state index in [0.717, 1.165) is 37.4 Å². The second kappa shape index (κ2) is 6.85. The highest BCUT2D eigenvalue weighted by Gasteiger charge is 2.29. The quantitative estimate of drug-likeness (QED) is 0.936. The van der Waals surface area contributed by atoms with E-state index in [2.05, 4.69) is 17.0 Å². The van der Waals surface area contributed by atoms with Crippen molar-refractivity contribution in [2.75, 3.05) is 26.3 Å². The molecule has 2 aromatic carbocycles. The third-order valence-corrected chi connectivity index (χ3v) is 4.02. The Hall–Kier alpha value is -1.68. The van der Waals surface area contributed by atoms with Crippen molar-refractivity contribution in [2.45, 2.75) is 12.1 Å². The van der Waals surface area contributed by atoms with E-state index < -0.39 is 6.10 Å². The summed E-state index contributed by atoms with van der Waals surface area (Å²) in [4.78, 5) is 2.32. The summed E-state index contributed by atoms with van der Waals surface area (Å²) in [6, 6.07) is 20.1. The lowest BCUT2D eigenvalue weighted by Gasteiger charge is -2.37. The topological polar surface area (TPSA) is 32.7 Å². The highest BCUT2D eigenvalue weighted by Crippen LogP contribution is 2.34. The Bertz CT molecular complexity index is 538. The molecule has 21 heavy (non-hydrogen) atoms. The van der Waals surface area contributed by atoms with E-state index in [9.17, 15) is 5.11 Å². The Balaban J connectivity index is 1.92. The molecule has 0 radical (unpaired) electrons. The van der Waals surface area contributed by atoms with Gasteiger partial charge in [0.2, 0.25) is 0 Å². The number of morpholine rings is 1. The SMILES string of the molecule is O[C@@H](c1ccccc1)[C@@H](c1ccccc1)N1CCOCC1. The zero-order chi connectivity index (χ0) is 14.5. The molecule has 2 aromatic rings. The molecule has 2 atom stereocenters. The Morgan fingerprint density at radius 2 is 1.33 bits per heavy atom. The molecular formula is C18H21NO2. The van der Waals surface area contributed by atoms with E-state index in [0.29, 0.717) is 0 Å². The summed E-state index contributed by atoms with van der Waals surface area (Å²) in [6.45, 7) is 3.16. The largest absolute Gasteiger partial charge is 0.386 e. The van der Waals surface area contributed by atoms with Gasteiger partial charge < -0.3 is 9.84 Å². The number of hydrogen-bond acceptors (Lipinski definition) is 3. The molecule has 1 saturated heterocycles. The lowest BCUT2D eigenvalue weighted by Crippen LogP contribution is -2.41. The van der Waals surface area contributed by atoms with Gasteiger partial charge in [0, 0.05) is 13.1 Å². The van der Waals surface area contributed by atoms with Crippen molar-refractivity contribution < 1.29 is 9.84 Å². The molecule has 0 aromatic heterocycles. The second-order valence-electron chi connectivity index (χ2n) is 5.36. The molecule has 0 amide bonds. The summed E-state index contributed by atoms with van der Waals surface area (Å²) < 4.78 is 5.45. The van der Waals surface area contributed by atoms with Gasteiger partial charge in [-0.3, -0.25) is 4.90 Å². The summed E-state index contributed by atoms with van der Waals surface area (Å²) in [5, 5.41) is 10.9. The molecule has 1 aliphatic heterocycles. The van der Waals surface area contributed by atoms with Gasteiger partial charge in [-0.15, -0.1) is 0 Å². The Morgan fingerprint density at radius 1 is 0.810 bits per heavy atom. The maximum Gasteiger partial charge on any atom is 0.0986 e. The zero-order valence-electron chi connectivity index (χ0n) is 12.1. The van der Waals surface area contributed by atoms with Gasteiger partial charge in [0.25, 0.3) is 0 Å². The van der Waals surface area contributed by atoms with Crippen LogP contribution in [0.15, 0.2) is 60.7 Å². The zero-order valence-corrected chi connectivity index (χ0v) is 12.1. The number of ether oxygens (including phenoxy) is 1. The van der Waals surface area contributed by atoms with E-state index in [-0.39, 0.29) is 6.04 Å². The molecule has 0 spiro atoms. The minimum absolute atomic E-state index is 0.0301. The van der Waals surface area contributed by atoms with Crippen LogP contribution < -0.4 is 0 Å². The van der Waals surface area contributed by atoms with Crippen molar-refractivity contribution in [2.24, 2.45) is 0 Å². The predicted octanol–water partition coefficient (Wildman–Crippen LogP) is 2.79. The third kappa shape index (κ3) is 3.32. The minimum atomic E-state index is -0.535. The van der Waals surface area contributed by atoms with Crippen molar-refractivity contribution >= 4 is 0 Å². The number of rotatable bonds is 4. The van der Waals surface area contributed by atoms with E-state index in [4.69, 9.17) is 4.74 Å². The van der Waals surface area contributed by atoms with Crippen LogP contribution in [0.2, 0.25) is 0 Å². The summed E-state index contributed by atoms with van der Waals surface area (Å²) in [7, 11) is 0. The summed E-state index contributed by atoms with van der Waals surface area (Å²) in [5.41, 5.74) is 2.11. The summed E-state index contributed by atoms with van der Waals surface area (Å²) in [6.07, 6.45) is -0.535. The first-order valence-electron chi connectivity index (χ1n) is 7.46. The first-order chi connectivity index (χ1) is 10.4. The smallest absolute Gasteiger partial charge is 0.0986 e. The monoisotopic (exact) mass is 283 g/mol. The van der Waals surface area contributed by atoms with Crippen LogP contribution >= 0.6 is 0 Å². The van der Waals surface area contributed by atoms with Crippen LogP contribution in [-0.4, -0.2) is 36.3 Å². The Labute approximate surface area is 125 Å². The molecule has 110 valence electrons. The minimum Gasteiger partial charge on any atom is -0.386 e. The average Bonchev–Trinajstić information content (AvgIpc) is 2.58. The lowest BCUT2D eigenvalue weighted by molar-refractivity contribution is -0.0238. The van der Waals surface area contributed by atoms with Crippen LogP contribution in [0, 0.1) is 0 Å².